The van der Waals surface area contributed by atoms with Crippen molar-refractivity contribution in [1.82, 2.24) is 10.2 Å². The summed E-state index contributed by atoms with van der Waals surface area (Å²) >= 11 is 4.53. The van der Waals surface area contributed by atoms with Crippen LogP contribution in [-0.4, -0.2) is 25.7 Å². The summed E-state index contributed by atoms with van der Waals surface area (Å²) in [4.78, 5) is 0.255. The fourth-order valence-corrected chi connectivity index (χ4v) is 4.94. The van der Waals surface area contributed by atoms with Gasteiger partial charge in [-0.2, -0.15) is 0 Å². The average Bonchev–Trinajstić information content (AvgIpc) is 2.74. The number of benzene rings is 1. The summed E-state index contributed by atoms with van der Waals surface area (Å²) in [6.45, 7) is 3.54. The van der Waals surface area contributed by atoms with Crippen LogP contribution in [0.15, 0.2) is 27.6 Å². The van der Waals surface area contributed by atoms with E-state index >= 15 is 0 Å². The first kappa shape index (κ1) is 14.4. The quantitative estimate of drug-likeness (QED) is 0.842. The van der Waals surface area contributed by atoms with Crippen molar-refractivity contribution in [3.63, 3.8) is 0 Å². The number of aromatic nitrogens is 2. The van der Waals surface area contributed by atoms with Gasteiger partial charge >= 0.3 is 0 Å². The Kier molecular flexibility index (Phi) is 3.93. The summed E-state index contributed by atoms with van der Waals surface area (Å²) in [5.74, 6) is 0. The molecule has 1 aromatic heterocycles. The van der Waals surface area contributed by atoms with Gasteiger partial charge in [0.05, 0.1) is 0 Å². The van der Waals surface area contributed by atoms with Gasteiger partial charge < -0.3 is 0 Å². The summed E-state index contributed by atoms with van der Waals surface area (Å²) in [6, 6.07) is 5.27. The molecule has 0 atom stereocenters. The molecule has 0 saturated heterocycles. The van der Waals surface area contributed by atoms with Gasteiger partial charge in [0.1, 0.15) is 9.90 Å². The Bertz CT molecular complexity index is 692. The Hall–Kier alpha value is -0.990. The van der Waals surface area contributed by atoms with Gasteiger partial charge in [-0.05, 0) is 41.4 Å². The molecule has 2 rings (SSSR count). The number of halogens is 1. The lowest BCUT2D eigenvalue weighted by Crippen LogP contribution is -2.27. The summed E-state index contributed by atoms with van der Waals surface area (Å²) in [5, 5.41) is 8.78. The van der Waals surface area contributed by atoms with E-state index in [-0.39, 0.29) is 4.90 Å². The van der Waals surface area contributed by atoms with Crippen LogP contribution < -0.4 is 4.31 Å². The highest BCUT2D eigenvalue weighted by Crippen LogP contribution is 2.31. The van der Waals surface area contributed by atoms with Crippen LogP contribution in [0.4, 0.5) is 5.13 Å². The molecule has 0 radical (unpaired) electrons. The van der Waals surface area contributed by atoms with Gasteiger partial charge in [0, 0.05) is 11.5 Å². The Balaban J connectivity index is 2.54. The molecular weight excluding hydrogens is 350 g/mol. The summed E-state index contributed by atoms with van der Waals surface area (Å²) in [5.41, 5.74) is 0.683. The number of anilines is 1. The first-order chi connectivity index (χ1) is 8.84. The second kappa shape index (κ2) is 5.18. The molecule has 0 saturated carbocycles. The number of hydrogen-bond donors (Lipinski definition) is 0. The molecule has 1 aromatic carbocycles. The van der Waals surface area contributed by atoms with Gasteiger partial charge in [0.2, 0.25) is 5.13 Å². The summed E-state index contributed by atoms with van der Waals surface area (Å²) in [6.07, 6.45) is 0. The predicted molar refractivity (Wildman–Crippen MR) is 79.1 cm³/mol. The van der Waals surface area contributed by atoms with Crippen LogP contribution in [0.1, 0.15) is 10.6 Å². The maximum atomic E-state index is 12.6. The van der Waals surface area contributed by atoms with Crippen LogP contribution in [-0.2, 0) is 10.0 Å². The highest BCUT2D eigenvalue weighted by molar-refractivity contribution is 9.10. The number of nitrogens with zero attached hydrogens (tertiary/aromatic N) is 3. The maximum absolute atomic E-state index is 12.6. The zero-order valence-corrected chi connectivity index (χ0v) is 13.8. The number of hydrogen-bond acceptors (Lipinski definition) is 5. The molecule has 102 valence electrons. The van der Waals surface area contributed by atoms with E-state index in [0.29, 0.717) is 15.2 Å². The summed E-state index contributed by atoms with van der Waals surface area (Å²) in [7, 11) is -2.17. The minimum absolute atomic E-state index is 0.255. The molecule has 0 aliphatic heterocycles. The Morgan fingerprint density at radius 1 is 1.26 bits per heavy atom. The fourth-order valence-electron chi connectivity index (χ4n) is 1.60. The molecular formula is C11H12BrN3O2S2. The molecule has 1 heterocycles. The number of aryl methyl sites for hydroxylation is 2. The van der Waals surface area contributed by atoms with Gasteiger partial charge in [0.25, 0.3) is 10.0 Å². The molecule has 0 unspecified atom stereocenters. The highest BCUT2D eigenvalue weighted by atomic mass is 79.9. The minimum Gasteiger partial charge on any atom is -0.243 e. The maximum Gasteiger partial charge on any atom is 0.267 e. The van der Waals surface area contributed by atoms with Crippen molar-refractivity contribution >= 4 is 42.4 Å². The molecule has 0 aliphatic rings. The van der Waals surface area contributed by atoms with Crippen molar-refractivity contribution in [2.24, 2.45) is 0 Å². The third-order valence-corrected chi connectivity index (χ3v) is 6.47. The standard InChI is InChI=1S/C11H12BrN3O2S2/c1-7-5-4-6-9(12)10(7)19(16,17)15(3)11-14-13-8(2)18-11/h4-6H,1-3H3. The largest absolute Gasteiger partial charge is 0.267 e. The molecule has 8 heteroatoms. The van der Waals surface area contributed by atoms with Crippen LogP contribution in [0, 0.1) is 13.8 Å². The van der Waals surface area contributed by atoms with Crippen LogP contribution in [0.3, 0.4) is 0 Å². The van der Waals surface area contributed by atoms with Gasteiger partial charge in [-0.1, -0.05) is 23.5 Å². The fraction of sp³-hybridized carbons (Fsp3) is 0.273. The monoisotopic (exact) mass is 361 g/mol. The van der Waals surface area contributed by atoms with Crippen molar-refractivity contribution in [3.05, 3.63) is 33.2 Å². The molecule has 0 N–H and O–H groups in total. The zero-order chi connectivity index (χ0) is 14.2. The van der Waals surface area contributed by atoms with Crippen LogP contribution in [0.25, 0.3) is 0 Å². The lowest BCUT2D eigenvalue weighted by atomic mass is 10.2. The van der Waals surface area contributed by atoms with E-state index in [1.54, 1.807) is 32.0 Å². The van der Waals surface area contributed by atoms with Gasteiger partial charge in [0.15, 0.2) is 0 Å². The topological polar surface area (TPSA) is 63.2 Å². The van der Waals surface area contributed by atoms with Crippen molar-refractivity contribution in [1.29, 1.82) is 0 Å². The third-order valence-electron chi connectivity index (χ3n) is 2.57. The zero-order valence-electron chi connectivity index (χ0n) is 10.6. The molecule has 2 aromatic rings. The highest BCUT2D eigenvalue weighted by Gasteiger charge is 2.27. The van der Waals surface area contributed by atoms with E-state index < -0.39 is 10.0 Å². The molecule has 5 nitrogen and oxygen atoms in total. The molecule has 0 amide bonds. The lowest BCUT2D eigenvalue weighted by Gasteiger charge is -2.18. The van der Waals surface area contributed by atoms with E-state index in [9.17, 15) is 8.42 Å². The van der Waals surface area contributed by atoms with E-state index in [1.165, 1.54) is 18.4 Å². The second-order valence-electron chi connectivity index (χ2n) is 3.96. The predicted octanol–water partition coefficient (Wildman–Crippen LogP) is 2.74. The van der Waals surface area contributed by atoms with Crippen molar-refractivity contribution in [2.75, 3.05) is 11.4 Å². The number of sulfonamides is 1. The lowest BCUT2D eigenvalue weighted by molar-refractivity contribution is 0.593. The molecule has 0 bridgehead atoms. The van der Waals surface area contributed by atoms with Crippen LogP contribution in [0.2, 0.25) is 0 Å². The molecule has 0 aliphatic carbocycles. The van der Waals surface area contributed by atoms with Crippen molar-refractivity contribution < 1.29 is 8.42 Å². The molecule has 0 fully saturated rings. The first-order valence-electron chi connectivity index (χ1n) is 5.38. The Morgan fingerprint density at radius 2 is 1.95 bits per heavy atom. The van der Waals surface area contributed by atoms with Crippen LogP contribution >= 0.6 is 27.3 Å². The van der Waals surface area contributed by atoms with E-state index in [0.717, 1.165) is 9.31 Å². The van der Waals surface area contributed by atoms with Crippen LogP contribution in [0.5, 0.6) is 0 Å². The first-order valence-corrected chi connectivity index (χ1v) is 8.43. The minimum atomic E-state index is -3.65. The van der Waals surface area contributed by atoms with E-state index in [1.807, 2.05) is 0 Å². The normalized spacial score (nSPS) is 11.6. The van der Waals surface area contributed by atoms with E-state index in [4.69, 9.17) is 0 Å². The van der Waals surface area contributed by atoms with Crippen molar-refractivity contribution in [3.8, 4) is 0 Å². The Labute approximate surface area is 124 Å². The molecule has 0 spiro atoms. The second-order valence-corrected chi connectivity index (χ2v) is 7.88. The van der Waals surface area contributed by atoms with Gasteiger partial charge in [-0.3, -0.25) is 0 Å². The Morgan fingerprint density at radius 3 is 2.47 bits per heavy atom. The van der Waals surface area contributed by atoms with E-state index in [2.05, 4.69) is 26.1 Å². The SMILES string of the molecule is Cc1nnc(N(C)S(=O)(=O)c2c(C)cccc2Br)s1. The molecule has 19 heavy (non-hydrogen) atoms. The summed E-state index contributed by atoms with van der Waals surface area (Å²) < 4.78 is 26.9. The van der Waals surface area contributed by atoms with Gasteiger partial charge in [-0.15, -0.1) is 10.2 Å². The van der Waals surface area contributed by atoms with Crippen molar-refractivity contribution in [2.45, 2.75) is 18.7 Å². The average molecular weight is 362 g/mol. The smallest absolute Gasteiger partial charge is 0.243 e. The third kappa shape index (κ3) is 2.65. The van der Waals surface area contributed by atoms with Gasteiger partial charge in [-0.25, -0.2) is 12.7 Å². The number of rotatable bonds is 3.